The largest absolute Gasteiger partial charge is 0.489 e. The summed E-state index contributed by atoms with van der Waals surface area (Å²) in [6.45, 7) is 0.649. The van der Waals surface area contributed by atoms with Gasteiger partial charge in [-0.05, 0) is 24.3 Å². The van der Waals surface area contributed by atoms with Crippen molar-refractivity contribution in [3.8, 4) is 28.6 Å². The van der Waals surface area contributed by atoms with Crippen LogP contribution in [0.5, 0.6) is 17.2 Å². The second-order valence-electron chi connectivity index (χ2n) is 5.69. The van der Waals surface area contributed by atoms with E-state index in [-0.39, 0.29) is 18.4 Å². The topological polar surface area (TPSA) is 91.0 Å². The summed E-state index contributed by atoms with van der Waals surface area (Å²) in [6.07, 6.45) is -0.262. The molecule has 2 aromatic carbocycles. The van der Waals surface area contributed by atoms with Gasteiger partial charge < -0.3 is 23.8 Å². The molecule has 1 N–H and O–H groups in total. The van der Waals surface area contributed by atoms with Crippen molar-refractivity contribution in [1.82, 2.24) is 5.16 Å². The number of benzene rings is 2. The van der Waals surface area contributed by atoms with E-state index >= 15 is 0 Å². The molecule has 132 valence electrons. The minimum absolute atomic E-state index is 0.157. The van der Waals surface area contributed by atoms with Gasteiger partial charge in [0.15, 0.2) is 29.1 Å². The second-order valence-corrected chi connectivity index (χ2v) is 5.69. The number of hydrogen-bond donors (Lipinski definition) is 1. The maximum Gasteiger partial charge on any atom is 0.358 e. The molecule has 1 aromatic heterocycles. The quantitative estimate of drug-likeness (QED) is 0.753. The summed E-state index contributed by atoms with van der Waals surface area (Å²) in [5.74, 6) is 1.12. The zero-order valence-electron chi connectivity index (χ0n) is 13.6. The van der Waals surface area contributed by atoms with Crippen molar-refractivity contribution >= 4 is 5.97 Å². The first-order valence-corrected chi connectivity index (χ1v) is 8.01. The number of aromatic carboxylic acids is 1. The van der Waals surface area contributed by atoms with Gasteiger partial charge in [0.1, 0.15) is 19.0 Å². The molecule has 0 fully saturated rings. The SMILES string of the molecule is O=C(O)c1cc(-c2ccccc2OCC2COc3ccccc3O2)on1. The fourth-order valence-electron chi connectivity index (χ4n) is 2.63. The van der Waals surface area contributed by atoms with Crippen LogP contribution < -0.4 is 14.2 Å². The molecule has 4 rings (SSSR count). The van der Waals surface area contributed by atoms with Crippen molar-refractivity contribution < 1.29 is 28.6 Å². The fourth-order valence-corrected chi connectivity index (χ4v) is 2.63. The van der Waals surface area contributed by atoms with Crippen LogP contribution in [0.4, 0.5) is 0 Å². The molecule has 7 nitrogen and oxygen atoms in total. The first-order chi connectivity index (χ1) is 12.7. The third-order valence-corrected chi connectivity index (χ3v) is 3.87. The van der Waals surface area contributed by atoms with E-state index in [9.17, 15) is 4.79 Å². The van der Waals surface area contributed by atoms with Crippen molar-refractivity contribution in [3.63, 3.8) is 0 Å². The van der Waals surface area contributed by atoms with Gasteiger partial charge in [0.25, 0.3) is 0 Å². The molecular formula is C19H15NO6. The Balaban J connectivity index is 1.48. The number of para-hydroxylation sites is 3. The van der Waals surface area contributed by atoms with Gasteiger partial charge in [-0.25, -0.2) is 4.79 Å². The molecule has 0 aliphatic carbocycles. The first-order valence-electron chi connectivity index (χ1n) is 8.01. The van der Waals surface area contributed by atoms with Crippen LogP contribution in [0.25, 0.3) is 11.3 Å². The highest BCUT2D eigenvalue weighted by atomic mass is 16.6. The molecule has 1 aliphatic heterocycles. The number of hydrogen-bond acceptors (Lipinski definition) is 6. The Morgan fingerprint density at radius 2 is 1.92 bits per heavy atom. The van der Waals surface area contributed by atoms with Crippen molar-refractivity contribution in [2.75, 3.05) is 13.2 Å². The van der Waals surface area contributed by atoms with Crippen molar-refractivity contribution in [1.29, 1.82) is 0 Å². The second kappa shape index (κ2) is 6.79. The molecule has 1 atom stereocenters. The van der Waals surface area contributed by atoms with E-state index in [0.29, 0.717) is 35.2 Å². The Kier molecular flexibility index (Phi) is 4.18. The van der Waals surface area contributed by atoms with E-state index in [1.807, 2.05) is 36.4 Å². The lowest BCUT2D eigenvalue weighted by atomic mass is 10.1. The highest BCUT2D eigenvalue weighted by molar-refractivity contribution is 5.86. The lowest BCUT2D eigenvalue weighted by molar-refractivity contribution is 0.0537. The van der Waals surface area contributed by atoms with Gasteiger partial charge >= 0.3 is 5.97 Å². The highest BCUT2D eigenvalue weighted by Crippen LogP contribution is 2.33. The molecular weight excluding hydrogens is 338 g/mol. The fraction of sp³-hybridized carbons (Fsp3) is 0.158. The van der Waals surface area contributed by atoms with Crippen LogP contribution in [-0.4, -0.2) is 35.6 Å². The van der Waals surface area contributed by atoms with E-state index < -0.39 is 5.97 Å². The summed E-state index contributed by atoms with van der Waals surface area (Å²) in [7, 11) is 0. The molecule has 0 saturated heterocycles. The number of rotatable bonds is 5. The van der Waals surface area contributed by atoms with Crippen LogP contribution in [0, 0.1) is 0 Å². The lowest BCUT2D eigenvalue weighted by Crippen LogP contribution is -2.34. The molecule has 0 bridgehead atoms. The number of carboxylic acids is 1. The van der Waals surface area contributed by atoms with Gasteiger partial charge in [-0.3, -0.25) is 0 Å². The van der Waals surface area contributed by atoms with Crippen LogP contribution in [-0.2, 0) is 0 Å². The van der Waals surface area contributed by atoms with Gasteiger partial charge in [-0.2, -0.15) is 0 Å². The smallest absolute Gasteiger partial charge is 0.358 e. The van der Waals surface area contributed by atoms with Crippen molar-refractivity contribution in [2.45, 2.75) is 6.10 Å². The predicted molar refractivity (Wildman–Crippen MR) is 90.7 cm³/mol. The highest BCUT2D eigenvalue weighted by Gasteiger charge is 2.22. The average molecular weight is 353 g/mol. The van der Waals surface area contributed by atoms with Crippen LogP contribution in [0.3, 0.4) is 0 Å². The summed E-state index contributed by atoms with van der Waals surface area (Å²) in [4.78, 5) is 11.0. The van der Waals surface area contributed by atoms with E-state index in [4.69, 9.17) is 23.8 Å². The molecule has 0 radical (unpaired) electrons. The molecule has 7 heteroatoms. The Hall–Kier alpha value is -3.48. The summed E-state index contributed by atoms with van der Waals surface area (Å²) in [5, 5.41) is 12.5. The zero-order chi connectivity index (χ0) is 17.9. The normalized spacial score (nSPS) is 15.5. The van der Waals surface area contributed by atoms with Crippen LogP contribution in [0.2, 0.25) is 0 Å². The Morgan fingerprint density at radius 1 is 1.15 bits per heavy atom. The Labute approximate surface area is 148 Å². The lowest BCUT2D eigenvalue weighted by Gasteiger charge is -2.26. The summed E-state index contributed by atoms with van der Waals surface area (Å²) in [6, 6.07) is 16.0. The first kappa shape index (κ1) is 16.0. The van der Waals surface area contributed by atoms with Crippen molar-refractivity contribution in [3.05, 3.63) is 60.3 Å². The van der Waals surface area contributed by atoms with Crippen LogP contribution in [0.1, 0.15) is 10.5 Å². The van der Waals surface area contributed by atoms with Gasteiger partial charge in [0.2, 0.25) is 0 Å². The van der Waals surface area contributed by atoms with Crippen LogP contribution >= 0.6 is 0 Å². The number of carbonyl (C=O) groups is 1. The molecule has 1 unspecified atom stereocenters. The Bertz CT molecular complexity index is 935. The number of ether oxygens (including phenoxy) is 3. The molecule has 0 saturated carbocycles. The molecule has 2 heterocycles. The number of fused-ring (bicyclic) bond motifs is 1. The summed E-state index contributed by atoms with van der Waals surface area (Å²) in [5.41, 5.74) is 0.458. The van der Waals surface area contributed by atoms with Gasteiger partial charge in [0, 0.05) is 6.07 Å². The van der Waals surface area contributed by atoms with Gasteiger partial charge in [-0.1, -0.05) is 29.4 Å². The standard InChI is InChI=1S/C19H15NO6/c21-19(22)14-9-18(26-20-14)13-5-1-2-6-15(13)23-10-12-11-24-16-7-3-4-8-17(16)25-12/h1-9,12H,10-11H2,(H,21,22). The molecule has 26 heavy (non-hydrogen) atoms. The number of nitrogens with zero attached hydrogens (tertiary/aromatic N) is 1. The number of aromatic nitrogens is 1. The van der Waals surface area contributed by atoms with E-state index in [1.54, 1.807) is 12.1 Å². The minimum atomic E-state index is -1.15. The predicted octanol–water partition coefficient (Wildman–Crippen LogP) is 3.26. The Morgan fingerprint density at radius 3 is 2.73 bits per heavy atom. The summed E-state index contributed by atoms with van der Waals surface area (Å²) < 4.78 is 22.5. The third kappa shape index (κ3) is 3.19. The molecule has 3 aromatic rings. The van der Waals surface area contributed by atoms with Crippen molar-refractivity contribution in [2.24, 2.45) is 0 Å². The van der Waals surface area contributed by atoms with E-state index in [1.165, 1.54) is 6.07 Å². The zero-order valence-corrected chi connectivity index (χ0v) is 13.6. The van der Waals surface area contributed by atoms with E-state index in [0.717, 1.165) is 0 Å². The molecule has 0 spiro atoms. The van der Waals surface area contributed by atoms with Gasteiger partial charge in [-0.15, -0.1) is 0 Å². The van der Waals surface area contributed by atoms with E-state index in [2.05, 4.69) is 5.16 Å². The number of carboxylic acid groups (broad SMARTS) is 1. The summed E-state index contributed by atoms with van der Waals surface area (Å²) >= 11 is 0. The third-order valence-electron chi connectivity index (χ3n) is 3.87. The van der Waals surface area contributed by atoms with Gasteiger partial charge in [0.05, 0.1) is 5.56 Å². The maximum absolute atomic E-state index is 11.0. The van der Waals surface area contributed by atoms with Crippen LogP contribution in [0.15, 0.2) is 59.1 Å². The average Bonchev–Trinajstić information content (AvgIpc) is 3.17. The maximum atomic E-state index is 11.0. The molecule has 1 aliphatic rings. The monoisotopic (exact) mass is 353 g/mol. The molecule has 0 amide bonds. The minimum Gasteiger partial charge on any atom is -0.489 e.